The van der Waals surface area contributed by atoms with Crippen LogP contribution in [0.5, 0.6) is 0 Å². The van der Waals surface area contributed by atoms with Crippen molar-refractivity contribution in [1.29, 1.82) is 0 Å². The lowest BCUT2D eigenvalue weighted by atomic mass is 10.2. The Morgan fingerprint density at radius 2 is 2.13 bits per heavy atom. The van der Waals surface area contributed by atoms with E-state index in [0.717, 1.165) is 19.6 Å². The van der Waals surface area contributed by atoms with Crippen molar-refractivity contribution in [3.05, 3.63) is 0 Å². The number of hydrogen-bond donors (Lipinski definition) is 1. The molecule has 88 valence electrons. The Hall–Kier alpha value is -0.570. The molecule has 1 rings (SSSR count). The van der Waals surface area contributed by atoms with E-state index in [4.69, 9.17) is 0 Å². The Labute approximate surface area is 93.2 Å². The molecule has 1 amide bonds. The summed E-state index contributed by atoms with van der Waals surface area (Å²) in [6.07, 6.45) is 3.07. The van der Waals surface area contributed by atoms with Gasteiger partial charge in [-0.05, 0) is 25.3 Å². The van der Waals surface area contributed by atoms with Crippen molar-refractivity contribution >= 4 is 5.91 Å². The Bertz CT molecular complexity index is 200. The summed E-state index contributed by atoms with van der Waals surface area (Å²) in [7, 11) is 0. The highest BCUT2D eigenvalue weighted by Crippen LogP contribution is 2.27. The van der Waals surface area contributed by atoms with Crippen LogP contribution in [0.4, 0.5) is 0 Å². The molecule has 1 N–H and O–H groups in total. The number of carbonyl (C=O) groups is 1. The molecular weight excluding hydrogens is 188 g/mol. The number of hydrogen-bond acceptors (Lipinski definition) is 2. The number of nitrogens with one attached hydrogen (secondary N) is 1. The number of rotatable bonds is 7. The van der Waals surface area contributed by atoms with Crippen molar-refractivity contribution in [2.75, 3.05) is 19.6 Å². The van der Waals surface area contributed by atoms with Gasteiger partial charge >= 0.3 is 0 Å². The fourth-order valence-corrected chi connectivity index (χ4v) is 1.75. The fraction of sp³-hybridized carbons (Fsp3) is 0.917. The fourth-order valence-electron chi connectivity index (χ4n) is 1.75. The smallest absolute Gasteiger partial charge is 0.224 e. The summed E-state index contributed by atoms with van der Waals surface area (Å²) in [5.41, 5.74) is 0. The average Bonchev–Trinajstić information content (AvgIpc) is 2.97. The molecule has 1 aliphatic rings. The molecule has 1 aliphatic carbocycles. The quantitative estimate of drug-likeness (QED) is 0.651. The SMILES string of the molecule is CCNCCC(=O)N(CC(C)C)C1CC1. The van der Waals surface area contributed by atoms with E-state index in [0.29, 0.717) is 24.3 Å². The maximum absolute atomic E-state index is 11.9. The van der Waals surface area contributed by atoms with Crippen LogP contribution < -0.4 is 5.32 Å². The Morgan fingerprint density at radius 3 is 2.60 bits per heavy atom. The predicted molar refractivity (Wildman–Crippen MR) is 62.7 cm³/mol. The van der Waals surface area contributed by atoms with Crippen LogP contribution in [0.1, 0.15) is 40.0 Å². The van der Waals surface area contributed by atoms with E-state index in [1.807, 2.05) is 0 Å². The van der Waals surface area contributed by atoms with Crippen LogP contribution in [0.3, 0.4) is 0 Å². The third kappa shape index (κ3) is 4.65. The molecule has 3 heteroatoms. The van der Waals surface area contributed by atoms with Gasteiger partial charge in [-0.2, -0.15) is 0 Å². The van der Waals surface area contributed by atoms with Gasteiger partial charge in [0, 0.05) is 25.6 Å². The number of nitrogens with zero attached hydrogens (tertiary/aromatic N) is 1. The zero-order valence-electron chi connectivity index (χ0n) is 10.3. The minimum Gasteiger partial charge on any atom is -0.339 e. The summed E-state index contributed by atoms with van der Waals surface area (Å²) in [4.78, 5) is 14.0. The highest BCUT2D eigenvalue weighted by molar-refractivity contribution is 5.77. The van der Waals surface area contributed by atoms with Gasteiger partial charge in [-0.1, -0.05) is 20.8 Å². The van der Waals surface area contributed by atoms with Gasteiger partial charge in [0.1, 0.15) is 0 Å². The third-order valence-corrected chi connectivity index (χ3v) is 2.64. The van der Waals surface area contributed by atoms with Crippen molar-refractivity contribution in [2.45, 2.75) is 46.1 Å². The summed E-state index contributed by atoms with van der Waals surface area (Å²) >= 11 is 0. The predicted octanol–water partition coefficient (Wildman–Crippen LogP) is 1.63. The molecule has 15 heavy (non-hydrogen) atoms. The minimum absolute atomic E-state index is 0.326. The van der Waals surface area contributed by atoms with Gasteiger partial charge in [0.2, 0.25) is 5.91 Å². The molecule has 0 bridgehead atoms. The van der Waals surface area contributed by atoms with E-state index < -0.39 is 0 Å². The summed E-state index contributed by atoms with van der Waals surface area (Å²) in [6.45, 7) is 9.10. The lowest BCUT2D eigenvalue weighted by Crippen LogP contribution is -2.37. The second-order valence-corrected chi connectivity index (χ2v) is 4.77. The van der Waals surface area contributed by atoms with Crippen LogP contribution in [0.25, 0.3) is 0 Å². The van der Waals surface area contributed by atoms with Crippen LogP contribution >= 0.6 is 0 Å². The van der Waals surface area contributed by atoms with Crippen LogP contribution in [-0.4, -0.2) is 36.5 Å². The minimum atomic E-state index is 0.326. The number of carbonyl (C=O) groups excluding carboxylic acids is 1. The molecule has 0 heterocycles. The first-order chi connectivity index (χ1) is 7.15. The maximum atomic E-state index is 11.9. The van der Waals surface area contributed by atoms with Crippen molar-refractivity contribution < 1.29 is 4.79 Å². The van der Waals surface area contributed by atoms with Gasteiger partial charge in [0.05, 0.1) is 0 Å². The monoisotopic (exact) mass is 212 g/mol. The first-order valence-corrected chi connectivity index (χ1v) is 6.15. The molecule has 0 aromatic carbocycles. The Kier molecular flexibility index (Phi) is 5.09. The first-order valence-electron chi connectivity index (χ1n) is 6.15. The van der Waals surface area contributed by atoms with Gasteiger partial charge in [-0.3, -0.25) is 4.79 Å². The van der Waals surface area contributed by atoms with Crippen LogP contribution in [0.2, 0.25) is 0 Å². The van der Waals surface area contributed by atoms with Crippen LogP contribution in [-0.2, 0) is 4.79 Å². The molecule has 0 aromatic heterocycles. The maximum Gasteiger partial charge on any atom is 0.224 e. The summed E-state index contributed by atoms with van der Waals surface area (Å²) in [6, 6.07) is 0.557. The van der Waals surface area contributed by atoms with Crippen molar-refractivity contribution in [3.8, 4) is 0 Å². The van der Waals surface area contributed by atoms with Gasteiger partial charge in [0.25, 0.3) is 0 Å². The zero-order chi connectivity index (χ0) is 11.3. The highest BCUT2D eigenvalue weighted by atomic mass is 16.2. The topological polar surface area (TPSA) is 32.3 Å². The highest BCUT2D eigenvalue weighted by Gasteiger charge is 2.32. The van der Waals surface area contributed by atoms with E-state index in [-0.39, 0.29) is 0 Å². The van der Waals surface area contributed by atoms with Crippen molar-refractivity contribution in [1.82, 2.24) is 10.2 Å². The lowest BCUT2D eigenvalue weighted by molar-refractivity contribution is -0.132. The summed E-state index contributed by atoms with van der Waals surface area (Å²) in [5, 5.41) is 3.20. The van der Waals surface area contributed by atoms with E-state index in [1.165, 1.54) is 12.8 Å². The second-order valence-electron chi connectivity index (χ2n) is 4.77. The van der Waals surface area contributed by atoms with Crippen molar-refractivity contribution in [2.24, 2.45) is 5.92 Å². The van der Waals surface area contributed by atoms with Crippen LogP contribution in [0.15, 0.2) is 0 Å². The second kappa shape index (κ2) is 6.11. The zero-order valence-corrected chi connectivity index (χ0v) is 10.3. The molecule has 0 aromatic rings. The molecule has 0 radical (unpaired) electrons. The van der Waals surface area contributed by atoms with Gasteiger partial charge in [0.15, 0.2) is 0 Å². The summed E-state index contributed by atoms with van der Waals surface area (Å²) in [5.74, 6) is 0.904. The van der Waals surface area contributed by atoms with Gasteiger partial charge in [-0.25, -0.2) is 0 Å². The normalized spacial score (nSPS) is 15.7. The lowest BCUT2D eigenvalue weighted by Gasteiger charge is -2.24. The molecule has 0 spiro atoms. The van der Waals surface area contributed by atoms with E-state index >= 15 is 0 Å². The number of amides is 1. The standard InChI is InChI=1S/C12H24N2O/c1-4-13-8-7-12(15)14(9-10(2)3)11-5-6-11/h10-11,13H,4-9H2,1-3H3. The molecule has 3 nitrogen and oxygen atoms in total. The van der Waals surface area contributed by atoms with E-state index in [1.54, 1.807) is 0 Å². The van der Waals surface area contributed by atoms with Gasteiger partial charge < -0.3 is 10.2 Å². The molecular formula is C12H24N2O. The molecule has 0 atom stereocenters. The van der Waals surface area contributed by atoms with E-state index in [2.05, 4.69) is 31.0 Å². The molecule has 1 saturated carbocycles. The molecule has 0 saturated heterocycles. The third-order valence-electron chi connectivity index (χ3n) is 2.64. The summed E-state index contributed by atoms with van der Waals surface area (Å²) < 4.78 is 0. The van der Waals surface area contributed by atoms with E-state index in [9.17, 15) is 4.79 Å². The van der Waals surface area contributed by atoms with Crippen molar-refractivity contribution in [3.63, 3.8) is 0 Å². The molecule has 1 fully saturated rings. The largest absolute Gasteiger partial charge is 0.339 e. The first kappa shape index (κ1) is 12.5. The Morgan fingerprint density at radius 1 is 1.47 bits per heavy atom. The molecule has 0 aliphatic heterocycles. The van der Waals surface area contributed by atoms with Gasteiger partial charge in [-0.15, -0.1) is 0 Å². The Balaban J connectivity index is 2.30. The average molecular weight is 212 g/mol. The molecule has 0 unspecified atom stereocenters. The van der Waals surface area contributed by atoms with Crippen LogP contribution in [0, 0.1) is 5.92 Å².